The summed E-state index contributed by atoms with van der Waals surface area (Å²) < 4.78 is 2.22. The molecule has 0 saturated carbocycles. The van der Waals surface area contributed by atoms with Crippen LogP contribution in [0.15, 0.2) is 23.0 Å². The predicted molar refractivity (Wildman–Crippen MR) is 86.9 cm³/mol. The van der Waals surface area contributed by atoms with Gasteiger partial charge < -0.3 is 5.32 Å². The van der Waals surface area contributed by atoms with Crippen molar-refractivity contribution >= 4 is 27.6 Å². The van der Waals surface area contributed by atoms with Crippen LogP contribution in [-0.4, -0.2) is 15.4 Å². The molecule has 0 aromatic carbocycles. The third kappa shape index (κ3) is 2.80. The van der Waals surface area contributed by atoms with Crippen LogP contribution in [0.5, 0.6) is 0 Å². The molecule has 1 unspecified atom stereocenters. The minimum Gasteiger partial charge on any atom is -0.308 e. The summed E-state index contributed by atoms with van der Waals surface area (Å²) in [6.07, 6.45) is 3.26. The largest absolute Gasteiger partial charge is 0.308 e. The summed E-state index contributed by atoms with van der Waals surface area (Å²) in [7, 11) is 0. The number of thiazole rings is 1. The minimum atomic E-state index is 0.467. The van der Waals surface area contributed by atoms with Crippen LogP contribution < -0.4 is 5.32 Å². The van der Waals surface area contributed by atoms with Gasteiger partial charge in [-0.2, -0.15) is 11.3 Å². The highest BCUT2D eigenvalue weighted by atomic mass is 32.1. The lowest BCUT2D eigenvalue weighted by atomic mass is 10.1. The lowest BCUT2D eigenvalue weighted by molar-refractivity contribution is 0.538. The standard InChI is InChI=1S/C15H19N3S2/c1-10(6-13-4-5-19-9-13)16-7-14-12(3)17-15-18(14)8-11(2)20-15/h4-5,8-10,16H,6-7H2,1-3H3. The van der Waals surface area contributed by atoms with Gasteiger partial charge in [-0.05, 0) is 49.6 Å². The van der Waals surface area contributed by atoms with E-state index in [4.69, 9.17) is 0 Å². The van der Waals surface area contributed by atoms with Gasteiger partial charge in [0.1, 0.15) is 0 Å². The van der Waals surface area contributed by atoms with Crippen LogP contribution in [0.4, 0.5) is 0 Å². The van der Waals surface area contributed by atoms with Crippen LogP contribution in [-0.2, 0) is 13.0 Å². The van der Waals surface area contributed by atoms with Gasteiger partial charge in [-0.25, -0.2) is 4.98 Å². The third-order valence-electron chi connectivity index (χ3n) is 3.48. The average molecular weight is 305 g/mol. The number of thiophene rings is 1. The molecule has 0 fully saturated rings. The van der Waals surface area contributed by atoms with Crippen LogP contribution in [0.25, 0.3) is 4.96 Å². The number of imidazole rings is 1. The van der Waals surface area contributed by atoms with Crippen molar-refractivity contribution in [1.29, 1.82) is 0 Å². The van der Waals surface area contributed by atoms with Crippen molar-refractivity contribution in [3.05, 3.63) is 44.9 Å². The number of rotatable bonds is 5. The van der Waals surface area contributed by atoms with E-state index in [2.05, 4.69) is 58.5 Å². The zero-order chi connectivity index (χ0) is 14.1. The molecule has 3 nitrogen and oxygen atoms in total. The molecule has 0 amide bonds. The van der Waals surface area contributed by atoms with E-state index in [0.717, 1.165) is 23.6 Å². The third-order valence-corrected chi connectivity index (χ3v) is 5.11. The highest BCUT2D eigenvalue weighted by Gasteiger charge is 2.12. The first-order valence-corrected chi connectivity index (χ1v) is 8.58. The smallest absolute Gasteiger partial charge is 0.194 e. The van der Waals surface area contributed by atoms with Crippen molar-refractivity contribution in [3.8, 4) is 0 Å². The summed E-state index contributed by atoms with van der Waals surface area (Å²) in [6.45, 7) is 7.33. The second-order valence-electron chi connectivity index (χ2n) is 5.26. The van der Waals surface area contributed by atoms with Crippen LogP contribution in [0.3, 0.4) is 0 Å². The maximum Gasteiger partial charge on any atom is 0.194 e. The van der Waals surface area contributed by atoms with Crippen LogP contribution in [0.1, 0.15) is 28.8 Å². The van der Waals surface area contributed by atoms with Crippen molar-refractivity contribution < 1.29 is 0 Å². The Labute approximate surface area is 127 Å². The van der Waals surface area contributed by atoms with E-state index >= 15 is 0 Å². The first-order valence-electron chi connectivity index (χ1n) is 6.82. The molecule has 1 atom stereocenters. The van der Waals surface area contributed by atoms with Crippen molar-refractivity contribution in [2.45, 2.75) is 39.8 Å². The topological polar surface area (TPSA) is 29.3 Å². The number of aryl methyl sites for hydroxylation is 2. The molecule has 106 valence electrons. The van der Waals surface area contributed by atoms with Crippen LogP contribution in [0, 0.1) is 13.8 Å². The fraction of sp³-hybridized carbons (Fsp3) is 0.400. The molecule has 5 heteroatoms. The molecule has 0 aliphatic carbocycles. The Bertz CT molecular complexity index is 694. The van der Waals surface area contributed by atoms with Crippen molar-refractivity contribution in [2.75, 3.05) is 0 Å². The Morgan fingerprint density at radius 2 is 2.25 bits per heavy atom. The van der Waals surface area contributed by atoms with E-state index in [-0.39, 0.29) is 0 Å². The lowest BCUT2D eigenvalue weighted by Crippen LogP contribution is -2.28. The maximum atomic E-state index is 4.63. The SMILES string of the molecule is Cc1cn2c(CNC(C)Cc3ccsc3)c(C)nc2s1. The van der Waals surface area contributed by atoms with Crippen molar-refractivity contribution in [3.63, 3.8) is 0 Å². The Kier molecular flexibility index (Phi) is 3.92. The Morgan fingerprint density at radius 1 is 1.40 bits per heavy atom. The van der Waals surface area contributed by atoms with Crippen molar-refractivity contribution in [2.24, 2.45) is 0 Å². The van der Waals surface area contributed by atoms with Gasteiger partial charge in [0.25, 0.3) is 0 Å². The number of hydrogen-bond acceptors (Lipinski definition) is 4. The van der Waals surface area contributed by atoms with Gasteiger partial charge >= 0.3 is 0 Å². The number of nitrogens with zero attached hydrogens (tertiary/aromatic N) is 2. The summed E-state index contributed by atoms with van der Waals surface area (Å²) in [4.78, 5) is 7.04. The normalized spacial score (nSPS) is 13.2. The monoisotopic (exact) mass is 305 g/mol. The van der Waals surface area contributed by atoms with Gasteiger partial charge in [0.2, 0.25) is 0 Å². The molecule has 3 heterocycles. The van der Waals surface area contributed by atoms with Crippen molar-refractivity contribution in [1.82, 2.24) is 14.7 Å². The molecule has 0 saturated heterocycles. The minimum absolute atomic E-state index is 0.467. The first kappa shape index (κ1) is 13.8. The molecule has 0 bridgehead atoms. The molecule has 3 aromatic heterocycles. The molecule has 3 rings (SSSR count). The van der Waals surface area contributed by atoms with Gasteiger partial charge in [-0.1, -0.05) is 0 Å². The number of hydrogen-bond donors (Lipinski definition) is 1. The van der Waals surface area contributed by atoms with Gasteiger partial charge in [-0.15, -0.1) is 11.3 Å². The first-order chi connectivity index (χ1) is 9.63. The molecule has 0 aliphatic heterocycles. The molecular formula is C15H19N3S2. The van der Waals surface area contributed by atoms with Gasteiger partial charge in [0, 0.05) is 23.7 Å². The highest BCUT2D eigenvalue weighted by Crippen LogP contribution is 2.20. The summed E-state index contributed by atoms with van der Waals surface area (Å²) in [5, 5.41) is 7.98. The molecule has 0 spiro atoms. The lowest BCUT2D eigenvalue weighted by Gasteiger charge is -2.13. The van der Waals surface area contributed by atoms with E-state index in [1.165, 1.54) is 16.1 Å². The summed E-state index contributed by atoms with van der Waals surface area (Å²) in [5.74, 6) is 0. The number of fused-ring (bicyclic) bond motifs is 1. The van der Waals surface area contributed by atoms with Crippen LogP contribution in [0.2, 0.25) is 0 Å². The fourth-order valence-corrected chi connectivity index (χ4v) is 4.00. The van der Waals surface area contributed by atoms with E-state index < -0.39 is 0 Å². The average Bonchev–Trinajstić information content (AvgIpc) is 3.05. The zero-order valence-electron chi connectivity index (χ0n) is 12.0. The Balaban J connectivity index is 1.68. The predicted octanol–water partition coefficient (Wildman–Crippen LogP) is 3.79. The van der Waals surface area contributed by atoms with E-state index in [1.54, 1.807) is 22.7 Å². The molecule has 1 N–H and O–H groups in total. The molecule has 3 aromatic rings. The van der Waals surface area contributed by atoms with Gasteiger partial charge in [0.05, 0.1) is 11.4 Å². The maximum absolute atomic E-state index is 4.63. The quantitative estimate of drug-likeness (QED) is 0.777. The summed E-state index contributed by atoms with van der Waals surface area (Å²) in [5.41, 5.74) is 3.82. The zero-order valence-corrected chi connectivity index (χ0v) is 13.6. The summed E-state index contributed by atoms with van der Waals surface area (Å²) in [6, 6.07) is 2.67. The Morgan fingerprint density at radius 3 is 3.00 bits per heavy atom. The fourth-order valence-electron chi connectivity index (χ4n) is 2.43. The highest BCUT2D eigenvalue weighted by molar-refractivity contribution is 7.17. The summed E-state index contributed by atoms with van der Waals surface area (Å²) >= 11 is 3.51. The van der Waals surface area contributed by atoms with E-state index in [1.807, 2.05) is 0 Å². The molecule has 0 radical (unpaired) electrons. The van der Waals surface area contributed by atoms with E-state index in [0.29, 0.717) is 6.04 Å². The molecule has 20 heavy (non-hydrogen) atoms. The number of nitrogens with one attached hydrogen (secondary N) is 1. The van der Waals surface area contributed by atoms with E-state index in [9.17, 15) is 0 Å². The van der Waals surface area contributed by atoms with Crippen LogP contribution >= 0.6 is 22.7 Å². The number of aromatic nitrogens is 2. The Hall–Kier alpha value is -1.17. The molecular weight excluding hydrogens is 286 g/mol. The second kappa shape index (κ2) is 5.68. The van der Waals surface area contributed by atoms with Gasteiger partial charge in [0.15, 0.2) is 4.96 Å². The molecule has 0 aliphatic rings. The second-order valence-corrected chi connectivity index (χ2v) is 7.25. The van der Waals surface area contributed by atoms with Gasteiger partial charge in [-0.3, -0.25) is 4.40 Å².